The number of piperidine rings is 1. The van der Waals surface area contributed by atoms with E-state index in [1.807, 2.05) is 16.6 Å². The minimum atomic E-state index is -5.08. The molecule has 5 heterocycles. The van der Waals surface area contributed by atoms with Crippen LogP contribution in [0.25, 0.3) is 5.65 Å². The summed E-state index contributed by atoms with van der Waals surface area (Å²) in [5, 5.41) is 19.1. The zero-order chi connectivity index (χ0) is 29.5. The highest BCUT2D eigenvalue weighted by molar-refractivity contribution is 5.73. The lowest BCUT2D eigenvalue weighted by molar-refractivity contribution is -0.193. The van der Waals surface area contributed by atoms with Gasteiger partial charge >= 0.3 is 24.3 Å². The number of furan rings is 1. The molecule has 0 aromatic carbocycles. The average molecular weight is 579 g/mol. The maximum atomic E-state index is 10.6. The lowest BCUT2D eigenvalue weighted by Crippen LogP contribution is -2.32. The van der Waals surface area contributed by atoms with E-state index in [1.54, 1.807) is 6.26 Å². The Bertz CT molecular complexity index is 1220. The number of rotatable bonds is 4. The number of carboxylic acids is 2. The maximum absolute atomic E-state index is 10.6. The molecule has 16 heteroatoms. The Kier molecular flexibility index (Phi) is 10.0. The van der Waals surface area contributed by atoms with E-state index in [0.29, 0.717) is 5.92 Å². The van der Waals surface area contributed by atoms with Crippen molar-refractivity contribution < 1.29 is 50.6 Å². The molecule has 2 fully saturated rings. The fourth-order valence-corrected chi connectivity index (χ4v) is 4.20. The van der Waals surface area contributed by atoms with Crippen molar-refractivity contribution in [2.75, 3.05) is 31.1 Å². The highest BCUT2D eigenvalue weighted by Crippen LogP contribution is 2.28. The number of fused-ring (bicyclic) bond motifs is 1. The van der Waals surface area contributed by atoms with E-state index in [-0.39, 0.29) is 0 Å². The zero-order valence-corrected chi connectivity index (χ0v) is 21.0. The SMILES string of the molecule is O=C(O)C(F)(F)F.O=C(O)C(F)(F)F.c1coc(CN2CCC(c3nc4ccc(N5CCCC5)cn4n3)CC2)c1. The molecule has 3 aromatic heterocycles. The Labute approximate surface area is 223 Å². The molecule has 2 N–H and O–H groups in total. The summed E-state index contributed by atoms with van der Waals surface area (Å²) in [4.78, 5) is 27.5. The Balaban J connectivity index is 0.000000263. The van der Waals surface area contributed by atoms with Crippen molar-refractivity contribution in [1.29, 1.82) is 0 Å². The number of carbonyl (C=O) groups is 2. The van der Waals surface area contributed by atoms with Crippen LogP contribution in [-0.4, -0.2) is 80.2 Å². The summed E-state index contributed by atoms with van der Waals surface area (Å²) in [6, 6.07) is 8.30. The lowest BCUT2D eigenvalue weighted by Gasteiger charge is -2.29. The fraction of sp³-hybridized carbons (Fsp3) is 0.500. The van der Waals surface area contributed by atoms with Gasteiger partial charge in [0.15, 0.2) is 11.5 Å². The van der Waals surface area contributed by atoms with Gasteiger partial charge in [0.1, 0.15) is 5.76 Å². The highest BCUT2D eigenvalue weighted by Gasteiger charge is 2.38. The molecule has 0 amide bonds. The second kappa shape index (κ2) is 13.0. The number of hydrogen-bond acceptors (Lipinski definition) is 7. The third-order valence-electron chi connectivity index (χ3n) is 6.20. The minimum Gasteiger partial charge on any atom is -0.475 e. The molecule has 2 aliphatic heterocycles. The van der Waals surface area contributed by atoms with Crippen molar-refractivity contribution in [3.8, 4) is 0 Å². The van der Waals surface area contributed by atoms with Crippen molar-refractivity contribution in [3.63, 3.8) is 0 Å². The van der Waals surface area contributed by atoms with Gasteiger partial charge in [-0.2, -0.15) is 31.4 Å². The number of nitrogens with zero attached hydrogens (tertiary/aromatic N) is 5. The van der Waals surface area contributed by atoms with Crippen molar-refractivity contribution in [1.82, 2.24) is 19.5 Å². The molecule has 220 valence electrons. The number of hydrogen-bond donors (Lipinski definition) is 2. The van der Waals surface area contributed by atoms with Gasteiger partial charge in [-0.25, -0.2) is 19.1 Å². The van der Waals surface area contributed by atoms with E-state index in [4.69, 9.17) is 34.3 Å². The normalized spacial score (nSPS) is 16.7. The highest BCUT2D eigenvalue weighted by atomic mass is 19.4. The van der Waals surface area contributed by atoms with Crippen LogP contribution < -0.4 is 4.90 Å². The van der Waals surface area contributed by atoms with Crippen LogP contribution in [0.15, 0.2) is 41.1 Å². The van der Waals surface area contributed by atoms with Crippen LogP contribution in [0.1, 0.15) is 43.2 Å². The Hall–Kier alpha value is -3.82. The summed E-state index contributed by atoms with van der Waals surface area (Å²) in [5.74, 6) is -3.01. The molecule has 3 aromatic rings. The third kappa shape index (κ3) is 8.86. The summed E-state index contributed by atoms with van der Waals surface area (Å²) in [6.45, 7) is 5.35. The van der Waals surface area contributed by atoms with Crippen LogP contribution >= 0.6 is 0 Å². The lowest BCUT2D eigenvalue weighted by atomic mass is 9.96. The number of aliphatic carboxylic acids is 2. The van der Waals surface area contributed by atoms with Gasteiger partial charge in [0.25, 0.3) is 0 Å². The molecule has 10 nitrogen and oxygen atoms in total. The van der Waals surface area contributed by atoms with E-state index in [2.05, 4.69) is 28.1 Å². The summed E-state index contributed by atoms with van der Waals surface area (Å²) >= 11 is 0. The van der Waals surface area contributed by atoms with Gasteiger partial charge < -0.3 is 19.5 Å². The standard InChI is InChI=1S/C20H25N5O.2C2HF3O2/c1-2-10-24(9-1)17-5-6-19-21-20(22-25(19)14-17)16-7-11-23(12-8-16)15-18-4-3-13-26-18;2*3-2(4,5)1(6)7/h3-6,13-14,16H,1-2,7-12,15H2;2*(H,6,7). The molecule has 0 unspecified atom stereocenters. The largest absolute Gasteiger partial charge is 0.490 e. The smallest absolute Gasteiger partial charge is 0.475 e. The minimum absolute atomic E-state index is 0.456. The number of carboxylic acid groups (broad SMARTS) is 2. The topological polar surface area (TPSA) is 124 Å². The van der Waals surface area contributed by atoms with E-state index in [1.165, 1.54) is 18.5 Å². The van der Waals surface area contributed by atoms with E-state index in [0.717, 1.165) is 62.8 Å². The van der Waals surface area contributed by atoms with Gasteiger partial charge in [-0.3, -0.25) is 4.90 Å². The molecular formula is C24H27F6N5O5. The van der Waals surface area contributed by atoms with Crippen LogP contribution in [0.2, 0.25) is 0 Å². The van der Waals surface area contributed by atoms with E-state index >= 15 is 0 Å². The number of aromatic nitrogens is 3. The molecule has 2 aliphatic rings. The maximum Gasteiger partial charge on any atom is 0.490 e. The zero-order valence-electron chi connectivity index (χ0n) is 21.0. The number of alkyl halides is 6. The summed E-state index contributed by atoms with van der Waals surface area (Å²) in [5.41, 5.74) is 2.22. The quantitative estimate of drug-likeness (QED) is 0.428. The monoisotopic (exact) mass is 579 g/mol. The van der Waals surface area contributed by atoms with Crippen LogP contribution in [0.5, 0.6) is 0 Å². The number of anilines is 1. The van der Waals surface area contributed by atoms with Crippen LogP contribution in [0.3, 0.4) is 0 Å². The molecule has 0 aliphatic carbocycles. The Morgan fingerprint density at radius 2 is 1.50 bits per heavy atom. The first-order valence-electron chi connectivity index (χ1n) is 12.2. The molecule has 0 saturated carbocycles. The van der Waals surface area contributed by atoms with Gasteiger partial charge in [-0.05, 0) is 63.0 Å². The van der Waals surface area contributed by atoms with Crippen LogP contribution in [0.4, 0.5) is 32.0 Å². The molecule has 2 saturated heterocycles. The van der Waals surface area contributed by atoms with Gasteiger partial charge in [0.05, 0.1) is 24.7 Å². The summed E-state index contributed by atoms with van der Waals surface area (Å²) in [6.07, 6.45) is -1.48. The number of halogens is 6. The van der Waals surface area contributed by atoms with Crippen LogP contribution in [-0.2, 0) is 16.1 Å². The molecular weight excluding hydrogens is 552 g/mol. The van der Waals surface area contributed by atoms with Crippen molar-refractivity contribution in [3.05, 3.63) is 48.3 Å². The molecule has 0 spiro atoms. The Morgan fingerprint density at radius 3 is 2.00 bits per heavy atom. The van der Waals surface area contributed by atoms with Crippen molar-refractivity contribution in [2.24, 2.45) is 0 Å². The van der Waals surface area contributed by atoms with Gasteiger partial charge in [0.2, 0.25) is 0 Å². The first-order valence-corrected chi connectivity index (χ1v) is 12.2. The summed E-state index contributed by atoms with van der Waals surface area (Å²) < 4.78 is 70.9. The fourth-order valence-electron chi connectivity index (χ4n) is 4.20. The summed E-state index contributed by atoms with van der Waals surface area (Å²) in [7, 11) is 0. The van der Waals surface area contributed by atoms with Gasteiger partial charge in [0, 0.05) is 19.0 Å². The molecule has 0 bridgehead atoms. The van der Waals surface area contributed by atoms with Gasteiger partial charge in [-0.1, -0.05) is 0 Å². The Morgan fingerprint density at radius 1 is 0.925 bits per heavy atom. The molecule has 40 heavy (non-hydrogen) atoms. The molecule has 0 radical (unpaired) electrons. The number of pyridine rings is 1. The second-order valence-electron chi connectivity index (χ2n) is 9.09. The number of likely N-dealkylation sites (tertiary alicyclic amines) is 1. The van der Waals surface area contributed by atoms with Crippen LogP contribution in [0, 0.1) is 0 Å². The van der Waals surface area contributed by atoms with Crippen molar-refractivity contribution in [2.45, 2.75) is 50.5 Å². The first kappa shape index (κ1) is 30.7. The predicted molar refractivity (Wildman–Crippen MR) is 128 cm³/mol. The molecule has 0 atom stereocenters. The van der Waals surface area contributed by atoms with Crippen molar-refractivity contribution >= 4 is 23.3 Å². The second-order valence-corrected chi connectivity index (χ2v) is 9.09. The van der Waals surface area contributed by atoms with E-state index < -0.39 is 24.3 Å². The van der Waals surface area contributed by atoms with Gasteiger partial charge in [-0.15, -0.1) is 0 Å². The third-order valence-corrected chi connectivity index (χ3v) is 6.20. The average Bonchev–Trinajstić information content (AvgIpc) is 3.65. The first-order chi connectivity index (χ1) is 18.7. The predicted octanol–water partition coefficient (Wildman–Crippen LogP) is 4.57. The molecule has 5 rings (SSSR count). The van der Waals surface area contributed by atoms with E-state index in [9.17, 15) is 26.3 Å².